The van der Waals surface area contributed by atoms with Crippen molar-refractivity contribution in [1.82, 2.24) is 9.62 Å². The van der Waals surface area contributed by atoms with Crippen LogP contribution in [0.4, 0.5) is 0 Å². The number of amides is 1. The van der Waals surface area contributed by atoms with Gasteiger partial charge in [0.25, 0.3) is 0 Å². The third kappa shape index (κ3) is 5.61. The Bertz CT molecular complexity index is 956. The molecule has 1 heterocycles. The third-order valence-electron chi connectivity index (χ3n) is 5.32. The number of carbonyl (C=O) groups excluding carboxylic acids is 1. The zero-order valence-corrected chi connectivity index (χ0v) is 18.6. The first-order chi connectivity index (χ1) is 14.3. The molecule has 1 saturated heterocycles. The molecule has 0 unspecified atom stereocenters. The van der Waals surface area contributed by atoms with Crippen LogP contribution in [0, 0.1) is 19.8 Å². The van der Waals surface area contributed by atoms with E-state index in [1.54, 1.807) is 24.3 Å². The number of carbonyl (C=O) groups is 1. The quantitative estimate of drug-likeness (QED) is 0.731. The number of nitrogens with zero attached hydrogens (tertiary/aromatic N) is 1. The van der Waals surface area contributed by atoms with Gasteiger partial charge in [-0.1, -0.05) is 35.4 Å². The smallest absolute Gasteiger partial charge is 0.243 e. The summed E-state index contributed by atoms with van der Waals surface area (Å²) in [6.07, 6.45) is 1.34. The summed E-state index contributed by atoms with van der Waals surface area (Å²) in [4.78, 5) is 13.0. The maximum absolute atomic E-state index is 12.9. The molecular weight excluding hydrogens is 400 g/mol. The average Bonchev–Trinajstić information content (AvgIpc) is 2.74. The Morgan fingerprint density at radius 2 is 1.70 bits per heavy atom. The summed E-state index contributed by atoms with van der Waals surface area (Å²) < 4.78 is 33.1. The maximum atomic E-state index is 12.9. The van der Waals surface area contributed by atoms with E-state index in [-0.39, 0.29) is 29.3 Å². The van der Waals surface area contributed by atoms with Crippen LogP contribution in [0.1, 0.15) is 30.9 Å². The third-order valence-corrected chi connectivity index (χ3v) is 7.20. The van der Waals surface area contributed by atoms with Gasteiger partial charge in [-0.3, -0.25) is 4.79 Å². The van der Waals surface area contributed by atoms with Crippen molar-refractivity contribution >= 4 is 15.9 Å². The Balaban J connectivity index is 1.55. The van der Waals surface area contributed by atoms with E-state index in [0.717, 1.165) is 16.9 Å². The summed E-state index contributed by atoms with van der Waals surface area (Å²) in [7, 11) is -3.59. The average molecular weight is 431 g/mol. The Kier molecular flexibility index (Phi) is 7.15. The van der Waals surface area contributed by atoms with Gasteiger partial charge in [-0.15, -0.1) is 0 Å². The van der Waals surface area contributed by atoms with Crippen molar-refractivity contribution in [2.75, 3.05) is 19.7 Å². The summed E-state index contributed by atoms with van der Waals surface area (Å²) in [5.74, 6) is 0.273. The van der Waals surface area contributed by atoms with Gasteiger partial charge in [-0.25, -0.2) is 8.42 Å². The van der Waals surface area contributed by atoms with Crippen LogP contribution >= 0.6 is 0 Å². The molecule has 0 aliphatic carbocycles. The molecule has 2 atom stereocenters. The number of hydrogen-bond acceptors (Lipinski definition) is 4. The van der Waals surface area contributed by atoms with Crippen LogP contribution in [0.25, 0.3) is 0 Å². The molecule has 1 aliphatic rings. The predicted molar refractivity (Wildman–Crippen MR) is 117 cm³/mol. The first-order valence-corrected chi connectivity index (χ1v) is 11.8. The van der Waals surface area contributed by atoms with E-state index in [9.17, 15) is 13.2 Å². The van der Waals surface area contributed by atoms with Crippen molar-refractivity contribution in [3.05, 3.63) is 59.7 Å². The van der Waals surface area contributed by atoms with E-state index < -0.39 is 10.0 Å². The van der Waals surface area contributed by atoms with Crippen LogP contribution in [-0.2, 0) is 14.8 Å². The Labute approximate surface area is 179 Å². The molecule has 0 bridgehead atoms. The second-order valence-corrected chi connectivity index (χ2v) is 9.99. The van der Waals surface area contributed by atoms with E-state index in [4.69, 9.17) is 4.74 Å². The molecule has 3 rings (SSSR count). The van der Waals surface area contributed by atoms with Crippen molar-refractivity contribution in [2.45, 2.75) is 44.6 Å². The van der Waals surface area contributed by atoms with Gasteiger partial charge < -0.3 is 10.1 Å². The maximum Gasteiger partial charge on any atom is 0.243 e. The Hall–Kier alpha value is -2.38. The zero-order valence-electron chi connectivity index (χ0n) is 17.8. The van der Waals surface area contributed by atoms with E-state index >= 15 is 0 Å². The monoisotopic (exact) mass is 430 g/mol. The second-order valence-electron chi connectivity index (χ2n) is 8.05. The second kappa shape index (κ2) is 9.62. The summed E-state index contributed by atoms with van der Waals surface area (Å²) in [6.45, 7) is 6.81. The standard InChI is InChI=1S/C23H30N2O4S/c1-17-6-10-21(11-7-17)29-16-19(3)24-23(26)20-5-4-14-25(15-20)30(27,28)22-12-8-18(2)9-13-22/h6-13,19-20H,4-5,14-16H2,1-3H3,(H,24,26)/t19-,20+/m0/s1. The molecule has 1 aliphatic heterocycles. The van der Waals surface area contributed by atoms with E-state index in [2.05, 4.69) is 5.32 Å². The lowest BCUT2D eigenvalue weighted by atomic mass is 9.98. The minimum absolute atomic E-state index is 0.126. The first kappa shape index (κ1) is 22.3. The van der Waals surface area contributed by atoms with Gasteiger partial charge in [0, 0.05) is 13.1 Å². The first-order valence-electron chi connectivity index (χ1n) is 10.3. The fraction of sp³-hybridized carbons (Fsp3) is 0.435. The molecule has 1 N–H and O–H groups in total. The normalized spacial score (nSPS) is 18.6. The molecule has 2 aromatic carbocycles. The predicted octanol–water partition coefficient (Wildman–Crippen LogP) is 3.29. The fourth-order valence-electron chi connectivity index (χ4n) is 3.49. The van der Waals surface area contributed by atoms with Gasteiger partial charge in [0.2, 0.25) is 15.9 Å². The van der Waals surface area contributed by atoms with E-state index in [0.29, 0.717) is 26.0 Å². The minimum Gasteiger partial charge on any atom is -0.491 e. The van der Waals surface area contributed by atoms with Crippen LogP contribution in [0.5, 0.6) is 5.75 Å². The molecule has 0 aromatic heterocycles. The number of benzene rings is 2. The molecule has 0 saturated carbocycles. The molecule has 162 valence electrons. The van der Waals surface area contributed by atoms with Gasteiger partial charge in [0.15, 0.2) is 0 Å². The fourth-order valence-corrected chi connectivity index (χ4v) is 5.02. The lowest BCUT2D eigenvalue weighted by Gasteiger charge is -2.31. The molecule has 1 amide bonds. The molecule has 1 fully saturated rings. The van der Waals surface area contributed by atoms with Crippen LogP contribution in [0.15, 0.2) is 53.4 Å². The molecule has 7 heteroatoms. The van der Waals surface area contributed by atoms with Gasteiger partial charge in [0.1, 0.15) is 12.4 Å². The molecule has 0 spiro atoms. The highest BCUT2D eigenvalue weighted by atomic mass is 32.2. The minimum atomic E-state index is -3.59. The highest BCUT2D eigenvalue weighted by Gasteiger charge is 2.33. The molecule has 30 heavy (non-hydrogen) atoms. The summed E-state index contributed by atoms with van der Waals surface area (Å²) in [5.41, 5.74) is 2.16. The zero-order chi connectivity index (χ0) is 21.7. The van der Waals surface area contributed by atoms with Gasteiger partial charge in [-0.2, -0.15) is 4.31 Å². The molecule has 6 nitrogen and oxygen atoms in total. The molecule has 0 radical (unpaired) electrons. The van der Waals surface area contributed by atoms with Crippen molar-refractivity contribution in [2.24, 2.45) is 5.92 Å². The Morgan fingerprint density at radius 1 is 1.10 bits per heavy atom. The lowest BCUT2D eigenvalue weighted by Crippen LogP contribution is -2.48. The largest absolute Gasteiger partial charge is 0.491 e. The van der Waals surface area contributed by atoms with Crippen molar-refractivity contribution in [3.63, 3.8) is 0 Å². The summed E-state index contributed by atoms with van der Waals surface area (Å²) >= 11 is 0. The number of rotatable bonds is 7. The highest BCUT2D eigenvalue weighted by molar-refractivity contribution is 7.89. The van der Waals surface area contributed by atoms with Crippen LogP contribution in [0.2, 0.25) is 0 Å². The topological polar surface area (TPSA) is 75.7 Å². The van der Waals surface area contributed by atoms with Crippen LogP contribution in [0.3, 0.4) is 0 Å². The van der Waals surface area contributed by atoms with Crippen molar-refractivity contribution in [1.29, 1.82) is 0 Å². The SMILES string of the molecule is Cc1ccc(OC[C@H](C)NC(=O)[C@@H]2CCCN(S(=O)(=O)c3ccc(C)cc3)C2)cc1. The number of hydrogen-bond donors (Lipinski definition) is 1. The number of aryl methyl sites for hydroxylation is 2. The lowest BCUT2D eigenvalue weighted by molar-refractivity contribution is -0.126. The van der Waals surface area contributed by atoms with Crippen molar-refractivity contribution in [3.8, 4) is 5.75 Å². The number of nitrogens with one attached hydrogen (secondary N) is 1. The summed E-state index contributed by atoms with van der Waals surface area (Å²) in [6, 6.07) is 14.4. The van der Waals surface area contributed by atoms with Crippen molar-refractivity contribution < 1.29 is 17.9 Å². The van der Waals surface area contributed by atoms with Gasteiger partial charge >= 0.3 is 0 Å². The number of sulfonamides is 1. The van der Waals surface area contributed by atoms with Gasteiger partial charge in [-0.05, 0) is 57.9 Å². The van der Waals surface area contributed by atoms with Crippen LogP contribution < -0.4 is 10.1 Å². The van der Waals surface area contributed by atoms with Crippen LogP contribution in [-0.4, -0.2) is 44.4 Å². The molecule has 2 aromatic rings. The number of ether oxygens (including phenoxy) is 1. The van der Waals surface area contributed by atoms with E-state index in [1.165, 1.54) is 4.31 Å². The Morgan fingerprint density at radius 3 is 2.33 bits per heavy atom. The van der Waals surface area contributed by atoms with Gasteiger partial charge in [0.05, 0.1) is 16.9 Å². The van der Waals surface area contributed by atoms with E-state index in [1.807, 2.05) is 45.0 Å². The number of piperidine rings is 1. The molecular formula is C23H30N2O4S. The summed E-state index contributed by atoms with van der Waals surface area (Å²) in [5, 5.41) is 2.97. The highest BCUT2D eigenvalue weighted by Crippen LogP contribution is 2.24.